The van der Waals surface area contributed by atoms with Gasteiger partial charge in [-0.05, 0) is 44.7 Å². The van der Waals surface area contributed by atoms with Crippen molar-refractivity contribution in [3.8, 4) is 44.6 Å². The fourth-order valence-electron chi connectivity index (χ4n) is 3.86. The van der Waals surface area contributed by atoms with Gasteiger partial charge in [-0.25, -0.2) is 0 Å². The Balaban J connectivity index is 1.91. The van der Waals surface area contributed by atoms with Gasteiger partial charge in [-0.15, -0.1) is 10.2 Å². The molecule has 1 heterocycles. The van der Waals surface area contributed by atoms with E-state index in [1.807, 2.05) is 24.3 Å². The molecule has 142 valence electrons. The van der Waals surface area contributed by atoms with Crippen LogP contribution in [0, 0.1) is 0 Å². The molecule has 1 aromatic heterocycles. The average molecular weight is 385 g/mol. The van der Waals surface area contributed by atoms with E-state index in [2.05, 4.69) is 100 Å². The van der Waals surface area contributed by atoms with Gasteiger partial charge in [0, 0.05) is 5.56 Å². The fourth-order valence-corrected chi connectivity index (χ4v) is 3.86. The maximum absolute atomic E-state index is 4.39. The second kappa shape index (κ2) is 8.10. The molecule has 0 saturated heterocycles. The largest absolute Gasteiger partial charge is 0.139 e. The molecule has 0 amide bonds. The normalized spacial score (nSPS) is 10.7. The highest BCUT2D eigenvalue weighted by molar-refractivity contribution is 6.00. The molecule has 0 radical (unpaired) electrons. The number of nitrogens with zero attached hydrogens (tertiary/aromatic N) is 3. The summed E-state index contributed by atoms with van der Waals surface area (Å²) < 4.78 is 0. The van der Waals surface area contributed by atoms with E-state index >= 15 is 0 Å². The van der Waals surface area contributed by atoms with Crippen molar-refractivity contribution in [1.82, 2.24) is 15.4 Å². The van der Waals surface area contributed by atoms with E-state index in [-0.39, 0.29) is 0 Å². The maximum atomic E-state index is 4.39. The third-order valence-corrected chi connectivity index (χ3v) is 5.20. The fraction of sp³-hybridized carbons (Fsp3) is 0. The lowest BCUT2D eigenvalue weighted by molar-refractivity contribution is 0.871. The SMILES string of the molecule is c1ccc(-c2ccc(-c3ccccc3)c(-c3ccnnn3)c2-c2ccccc2)cc1. The summed E-state index contributed by atoms with van der Waals surface area (Å²) in [5.41, 5.74) is 8.74. The zero-order chi connectivity index (χ0) is 20.2. The first-order chi connectivity index (χ1) is 14.9. The van der Waals surface area contributed by atoms with Crippen LogP contribution in [-0.4, -0.2) is 15.4 Å². The van der Waals surface area contributed by atoms with Crippen LogP contribution in [0.25, 0.3) is 44.6 Å². The molecule has 0 saturated carbocycles. The minimum atomic E-state index is 0.806. The molecule has 0 unspecified atom stereocenters. The number of hydrogen-bond donors (Lipinski definition) is 0. The average Bonchev–Trinajstić information content (AvgIpc) is 2.85. The number of benzene rings is 4. The van der Waals surface area contributed by atoms with Gasteiger partial charge in [-0.2, -0.15) is 0 Å². The zero-order valence-electron chi connectivity index (χ0n) is 16.3. The molecule has 0 bridgehead atoms. The van der Waals surface area contributed by atoms with E-state index in [9.17, 15) is 0 Å². The van der Waals surface area contributed by atoms with Gasteiger partial charge in [0.05, 0.1) is 11.9 Å². The van der Waals surface area contributed by atoms with E-state index in [0.29, 0.717) is 0 Å². The van der Waals surface area contributed by atoms with Crippen LogP contribution in [0.4, 0.5) is 0 Å². The first-order valence-corrected chi connectivity index (χ1v) is 9.90. The number of aromatic nitrogens is 3. The van der Waals surface area contributed by atoms with Crippen molar-refractivity contribution in [2.75, 3.05) is 0 Å². The highest BCUT2D eigenvalue weighted by Crippen LogP contribution is 2.44. The van der Waals surface area contributed by atoms with E-state index in [4.69, 9.17) is 0 Å². The summed E-state index contributed by atoms with van der Waals surface area (Å²) >= 11 is 0. The van der Waals surface area contributed by atoms with Crippen LogP contribution in [0.5, 0.6) is 0 Å². The molecule has 3 heteroatoms. The molecule has 0 aliphatic heterocycles. The summed E-state index contributed by atoms with van der Waals surface area (Å²) in [7, 11) is 0. The van der Waals surface area contributed by atoms with Crippen molar-refractivity contribution in [1.29, 1.82) is 0 Å². The highest BCUT2D eigenvalue weighted by Gasteiger charge is 2.20. The molecule has 4 aromatic carbocycles. The maximum Gasteiger partial charge on any atom is 0.0976 e. The molecular weight excluding hydrogens is 366 g/mol. The van der Waals surface area contributed by atoms with Gasteiger partial charge < -0.3 is 0 Å². The Bertz CT molecular complexity index is 1150. The van der Waals surface area contributed by atoms with E-state index in [0.717, 1.165) is 39.1 Å². The van der Waals surface area contributed by atoms with E-state index in [1.165, 1.54) is 5.56 Å². The summed E-state index contributed by atoms with van der Waals surface area (Å²) in [6.45, 7) is 0. The van der Waals surface area contributed by atoms with Crippen molar-refractivity contribution < 1.29 is 0 Å². The van der Waals surface area contributed by atoms with Gasteiger partial charge in [-0.1, -0.05) is 103 Å². The van der Waals surface area contributed by atoms with Gasteiger partial charge in [0.25, 0.3) is 0 Å². The van der Waals surface area contributed by atoms with Crippen LogP contribution in [0.1, 0.15) is 0 Å². The Morgan fingerprint density at radius 2 is 0.933 bits per heavy atom. The van der Waals surface area contributed by atoms with Gasteiger partial charge >= 0.3 is 0 Å². The summed E-state index contributed by atoms with van der Waals surface area (Å²) in [5.74, 6) is 0. The molecule has 0 N–H and O–H groups in total. The van der Waals surface area contributed by atoms with Crippen molar-refractivity contribution in [3.63, 3.8) is 0 Å². The Morgan fingerprint density at radius 1 is 0.433 bits per heavy atom. The van der Waals surface area contributed by atoms with Gasteiger partial charge in [-0.3, -0.25) is 0 Å². The van der Waals surface area contributed by atoms with Crippen LogP contribution in [0.2, 0.25) is 0 Å². The van der Waals surface area contributed by atoms with E-state index < -0.39 is 0 Å². The monoisotopic (exact) mass is 385 g/mol. The summed E-state index contributed by atoms with van der Waals surface area (Å²) in [4.78, 5) is 0. The van der Waals surface area contributed by atoms with Crippen LogP contribution in [-0.2, 0) is 0 Å². The number of hydrogen-bond acceptors (Lipinski definition) is 3. The van der Waals surface area contributed by atoms with Crippen molar-refractivity contribution in [2.45, 2.75) is 0 Å². The lowest BCUT2D eigenvalue weighted by atomic mass is 9.84. The van der Waals surface area contributed by atoms with Gasteiger partial charge in [0.2, 0.25) is 0 Å². The van der Waals surface area contributed by atoms with Crippen LogP contribution in [0.15, 0.2) is 115 Å². The lowest BCUT2D eigenvalue weighted by Crippen LogP contribution is -1.97. The Morgan fingerprint density at radius 3 is 1.43 bits per heavy atom. The molecule has 0 aliphatic rings. The van der Waals surface area contributed by atoms with Crippen LogP contribution in [0.3, 0.4) is 0 Å². The van der Waals surface area contributed by atoms with E-state index in [1.54, 1.807) is 6.20 Å². The first-order valence-electron chi connectivity index (χ1n) is 9.90. The number of rotatable bonds is 4. The van der Waals surface area contributed by atoms with Crippen molar-refractivity contribution >= 4 is 0 Å². The molecule has 5 rings (SSSR count). The summed E-state index contributed by atoms with van der Waals surface area (Å²) in [5, 5.41) is 12.2. The molecular formula is C27H19N3. The summed E-state index contributed by atoms with van der Waals surface area (Å²) in [6, 6.07) is 37.7. The third kappa shape index (κ3) is 3.38. The van der Waals surface area contributed by atoms with Crippen molar-refractivity contribution in [2.24, 2.45) is 0 Å². The molecule has 3 nitrogen and oxygen atoms in total. The van der Waals surface area contributed by atoms with Crippen LogP contribution >= 0.6 is 0 Å². The second-order valence-electron chi connectivity index (χ2n) is 7.01. The minimum Gasteiger partial charge on any atom is -0.139 e. The molecule has 30 heavy (non-hydrogen) atoms. The molecule has 0 atom stereocenters. The molecule has 5 aromatic rings. The smallest absolute Gasteiger partial charge is 0.0976 e. The Hall–Kier alpha value is -4.11. The Labute approximate surface area is 175 Å². The predicted molar refractivity (Wildman–Crippen MR) is 122 cm³/mol. The topological polar surface area (TPSA) is 38.7 Å². The predicted octanol–water partition coefficient (Wildman–Crippen LogP) is 6.54. The zero-order valence-corrected chi connectivity index (χ0v) is 16.3. The lowest BCUT2D eigenvalue weighted by Gasteiger charge is -2.19. The quantitative estimate of drug-likeness (QED) is 0.352. The summed E-state index contributed by atoms with van der Waals surface area (Å²) in [6.07, 6.45) is 1.70. The van der Waals surface area contributed by atoms with Gasteiger partial charge in [0.1, 0.15) is 0 Å². The van der Waals surface area contributed by atoms with Gasteiger partial charge in [0.15, 0.2) is 0 Å². The molecule has 0 aliphatic carbocycles. The molecule has 0 fully saturated rings. The third-order valence-electron chi connectivity index (χ3n) is 5.20. The highest BCUT2D eigenvalue weighted by atomic mass is 15.3. The van der Waals surface area contributed by atoms with Crippen LogP contribution < -0.4 is 0 Å². The standard InChI is InChI=1S/C27H19N3/c1-4-10-20(11-5-1)23-16-17-24(21-12-6-2-7-13-21)27(25-18-19-28-30-29-25)26(23)22-14-8-3-9-15-22/h1-19H. The molecule has 0 spiro atoms. The first kappa shape index (κ1) is 18.0. The second-order valence-corrected chi connectivity index (χ2v) is 7.01. The van der Waals surface area contributed by atoms with Crippen molar-refractivity contribution in [3.05, 3.63) is 115 Å². The Kier molecular flexibility index (Phi) is 4.84. The minimum absolute atomic E-state index is 0.806.